The lowest BCUT2D eigenvalue weighted by molar-refractivity contribution is 0.0744. The summed E-state index contributed by atoms with van der Waals surface area (Å²) < 4.78 is 0. The minimum atomic E-state index is 0.0341. The highest BCUT2D eigenvalue weighted by molar-refractivity contribution is 6.00. The lowest BCUT2D eigenvalue weighted by atomic mass is 10.1. The van der Waals surface area contributed by atoms with Crippen molar-refractivity contribution in [2.45, 2.75) is 32.2 Å². The molecular formula is C13H19N3O. The van der Waals surface area contributed by atoms with Crippen molar-refractivity contribution in [1.29, 1.82) is 0 Å². The molecule has 1 aromatic carbocycles. The van der Waals surface area contributed by atoms with Crippen molar-refractivity contribution in [2.24, 2.45) is 0 Å². The molecule has 0 aliphatic heterocycles. The quantitative estimate of drug-likeness (QED) is 0.780. The first-order valence-electron chi connectivity index (χ1n) is 6.09. The molecule has 0 bridgehead atoms. The Morgan fingerprint density at radius 2 is 2.12 bits per heavy atom. The topological polar surface area (TPSA) is 72.3 Å². The van der Waals surface area contributed by atoms with Gasteiger partial charge in [-0.15, -0.1) is 0 Å². The fourth-order valence-corrected chi connectivity index (χ4v) is 2.01. The van der Waals surface area contributed by atoms with Crippen molar-refractivity contribution in [3.63, 3.8) is 0 Å². The average molecular weight is 233 g/mol. The number of nitrogen functional groups attached to an aromatic ring is 2. The predicted octanol–water partition coefficient (Wildman–Crippen LogP) is 1.87. The van der Waals surface area contributed by atoms with E-state index in [-0.39, 0.29) is 5.91 Å². The van der Waals surface area contributed by atoms with Crippen LogP contribution >= 0.6 is 0 Å². The summed E-state index contributed by atoms with van der Waals surface area (Å²) in [6, 6.07) is 5.50. The summed E-state index contributed by atoms with van der Waals surface area (Å²) in [6.45, 7) is 2.88. The summed E-state index contributed by atoms with van der Waals surface area (Å²) in [7, 11) is 0. The van der Waals surface area contributed by atoms with Crippen LogP contribution in [0.2, 0.25) is 0 Å². The number of nitrogens with zero attached hydrogens (tertiary/aromatic N) is 1. The van der Waals surface area contributed by atoms with Gasteiger partial charge in [0.25, 0.3) is 5.91 Å². The molecular weight excluding hydrogens is 214 g/mol. The van der Waals surface area contributed by atoms with E-state index in [9.17, 15) is 4.79 Å². The van der Waals surface area contributed by atoms with Crippen molar-refractivity contribution in [3.05, 3.63) is 23.8 Å². The Morgan fingerprint density at radius 3 is 2.65 bits per heavy atom. The van der Waals surface area contributed by atoms with Gasteiger partial charge in [0, 0.05) is 24.0 Å². The van der Waals surface area contributed by atoms with Gasteiger partial charge >= 0.3 is 0 Å². The van der Waals surface area contributed by atoms with Crippen LogP contribution in [0.25, 0.3) is 0 Å². The van der Waals surface area contributed by atoms with E-state index < -0.39 is 0 Å². The number of amides is 1. The van der Waals surface area contributed by atoms with Gasteiger partial charge in [-0.1, -0.05) is 6.92 Å². The monoisotopic (exact) mass is 233 g/mol. The van der Waals surface area contributed by atoms with Crippen LogP contribution in [0.3, 0.4) is 0 Å². The van der Waals surface area contributed by atoms with Crippen molar-refractivity contribution >= 4 is 17.3 Å². The number of rotatable bonds is 4. The molecule has 0 atom stereocenters. The van der Waals surface area contributed by atoms with E-state index in [0.717, 1.165) is 25.8 Å². The molecule has 1 aromatic rings. The summed E-state index contributed by atoms with van der Waals surface area (Å²) in [5, 5.41) is 0. The van der Waals surface area contributed by atoms with Crippen LogP contribution in [0.1, 0.15) is 36.5 Å². The molecule has 17 heavy (non-hydrogen) atoms. The molecule has 4 N–H and O–H groups in total. The zero-order valence-corrected chi connectivity index (χ0v) is 10.1. The first-order chi connectivity index (χ1) is 8.13. The average Bonchev–Trinajstić information content (AvgIpc) is 3.09. The Balaban J connectivity index is 2.22. The fourth-order valence-electron chi connectivity index (χ4n) is 2.01. The molecule has 1 amide bonds. The molecule has 1 saturated carbocycles. The molecule has 0 unspecified atom stereocenters. The van der Waals surface area contributed by atoms with Gasteiger partial charge in [-0.3, -0.25) is 4.79 Å². The number of carbonyl (C=O) groups is 1. The van der Waals surface area contributed by atoms with E-state index in [2.05, 4.69) is 6.92 Å². The van der Waals surface area contributed by atoms with Gasteiger partial charge in [-0.05, 0) is 37.5 Å². The largest absolute Gasteiger partial charge is 0.399 e. The van der Waals surface area contributed by atoms with E-state index >= 15 is 0 Å². The summed E-state index contributed by atoms with van der Waals surface area (Å²) >= 11 is 0. The molecule has 92 valence electrons. The minimum Gasteiger partial charge on any atom is -0.399 e. The zero-order chi connectivity index (χ0) is 12.4. The smallest absolute Gasteiger partial charge is 0.256 e. The molecule has 4 heteroatoms. The molecule has 1 fully saturated rings. The van der Waals surface area contributed by atoms with Crippen molar-refractivity contribution < 1.29 is 4.79 Å². The Hall–Kier alpha value is -1.71. The lowest BCUT2D eigenvalue weighted by Crippen LogP contribution is -2.34. The maximum absolute atomic E-state index is 12.4. The van der Waals surface area contributed by atoms with Crippen molar-refractivity contribution in [1.82, 2.24) is 4.90 Å². The van der Waals surface area contributed by atoms with E-state index in [1.807, 2.05) is 4.90 Å². The Bertz CT molecular complexity index is 427. The molecule has 0 aromatic heterocycles. The predicted molar refractivity (Wildman–Crippen MR) is 69.6 cm³/mol. The summed E-state index contributed by atoms with van der Waals surface area (Å²) in [6.07, 6.45) is 3.19. The van der Waals surface area contributed by atoms with Crippen LogP contribution in [0.15, 0.2) is 18.2 Å². The summed E-state index contributed by atoms with van der Waals surface area (Å²) in [4.78, 5) is 14.3. The third-order valence-corrected chi connectivity index (χ3v) is 3.02. The summed E-state index contributed by atoms with van der Waals surface area (Å²) in [5.74, 6) is 0.0341. The Morgan fingerprint density at radius 1 is 1.41 bits per heavy atom. The van der Waals surface area contributed by atoms with Crippen LogP contribution in [0, 0.1) is 0 Å². The van der Waals surface area contributed by atoms with Gasteiger partial charge in [0.15, 0.2) is 0 Å². The second-order valence-electron chi connectivity index (χ2n) is 4.58. The van der Waals surface area contributed by atoms with E-state index in [4.69, 9.17) is 11.5 Å². The molecule has 0 heterocycles. The molecule has 4 nitrogen and oxygen atoms in total. The van der Waals surface area contributed by atoms with Crippen LogP contribution in [0.5, 0.6) is 0 Å². The first-order valence-corrected chi connectivity index (χ1v) is 6.09. The SMILES string of the molecule is CCCN(C(=O)c1ccc(N)cc1N)C1CC1. The maximum Gasteiger partial charge on any atom is 0.256 e. The van der Waals surface area contributed by atoms with E-state index in [1.165, 1.54) is 0 Å². The highest BCUT2D eigenvalue weighted by atomic mass is 16.2. The van der Waals surface area contributed by atoms with Crippen LogP contribution < -0.4 is 11.5 Å². The number of hydrogen-bond donors (Lipinski definition) is 2. The Labute approximate surface area is 102 Å². The number of hydrogen-bond acceptors (Lipinski definition) is 3. The fraction of sp³-hybridized carbons (Fsp3) is 0.462. The van der Waals surface area contributed by atoms with Gasteiger partial charge in [-0.25, -0.2) is 0 Å². The molecule has 0 saturated heterocycles. The second kappa shape index (κ2) is 4.65. The number of benzene rings is 1. The molecule has 1 aliphatic carbocycles. The molecule has 1 aliphatic rings. The molecule has 2 rings (SSSR count). The third kappa shape index (κ3) is 2.52. The van der Waals surface area contributed by atoms with Crippen LogP contribution in [-0.4, -0.2) is 23.4 Å². The number of carbonyl (C=O) groups excluding carboxylic acids is 1. The maximum atomic E-state index is 12.4. The van der Waals surface area contributed by atoms with Gasteiger partial charge < -0.3 is 16.4 Å². The third-order valence-electron chi connectivity index (χ3n) is 3.02. The van der Waals surface area contributed by atoms with Crippen LogP contribution in [-0.2, 0) is 0 Å². The highest BCUT2D eigenvalue weighted by Crippen LogP contribution is 2.29. The lowest BCUT2D eigenvalue weighted by Gasteiger charge is -2.22. The van der Waals surface area contributed by atoms with Gasteiger partial charge in [0.05, 0.1) is 5.56 Å². The second-order valence-corrected chi connectivity index (χ2v) is 4.58. The number of anilines is 2. The first kappa shape index (κ1) is 11.8. The van der Waals surface area contributed by atoms with Crippen molar-refractivity contribution in [3.8, 4) is 0 Å². The molecule has 0 radical (unpaired) electrons. The molecule has 0 spiro atoms. The highest BCUT2D eigenvalue weighted by Gasteiger charge is 2.32. The van der Waals surface area contributed by atoms with Gasteiger partial charge in [0.2, 0.25) is 0 Å². The van der Waals surface area contributed by atoms with E-state index in [1.54, 1.807) is 18.2 Å². The van der Waals surface area contributed by atoms with Crippen molar-refractivity contribution in [2.75, 3.05) is 18.0 Å². The Kier molecular flexibility index (Phi) is 3.22. The summed E-state index contributed by atoms with van der Waals surface area (Å²) in [5.41, 5.74) is 13.1. The van der Waals surface area contributed by atoms with Gasteiger partial charge in [-0.2, -0.15) is 0 Å². The zero-order valence-electron chi connectivity index (χ0n) is 10.1. The number of nitrogens with two attached hydrogens (primary N) is 2. The normalized spacial score (nSPS) is 14.6. The standard InChI is InChI=1S/C13H19N3O/c1-2-7-16(10-4-5-10)13(17)11-6-3-9(14)8-12(11)15/h3,6,8,10H,2,4-5,7,14-15H2,1H3. The van der Waals surface area contributed by atoms with E-state index in [0.29, 0.717) is 23.0 Å². The van der Waals surface area contributed by atoms with Crippen LogP contribution in [0.4, 0.5) is 11.4 Å². The van der Waals surface area contributed by atoms with Gasteiger partial charge in [0.1, 0.15) is 0 Å². The minimum absolute atomic E-state index is 0.0341.